The average Bonchev–Trinajstić information content (AvgIpc) is 3.10. The van der Waals surface area contributed by atoms with Crippen LogP contribution in [0.1, 0.15) is 40.4 Å². The molecule has 1 aliphatic rings. The van der Waals surface area contributed by atoms with Crippen molar-refractivity contribution in [2.24, 2.45) is 0 Å². The minimum atomic E-state index is -0.288. The normalized spacial score (nSPS) is 19.0. The summed E-state index contributed by atoms with van der Waals surface area (Å²) >= 11 is 0. The fourth-order valence-corrected chi connectivity index (χ4v) is 3.07. The number of hydrogen-bond donors (Lipinski definition) is 1. The Hall–Kier alpha value is -2.14. The van der Waals surface area contributed by atoms with Crippen molar-refractivity contribution in [3.05, 3.63) is 53.3 Å². The third-order valence-corrected chi connectivity index (χ3v) is 4.25. The molecule has 1 fully saturated rings. The lowest BCUT2D eigenvalue weighted by atomic mass is 9.94. The van der Waals surface area contributed by atoms with E-state index in [1.54, 1.807) is 0 Å². The number of benzene rings is 1. The van der Waals surface area contributed by atoms with Gasteiger partial charge in [-0.05, 0) is 43.1 Å². The Morgan fingerprint density at radius 1 is 1.36 bits per heavy atom. The SMILES string of the molecule is COC(=O)c1ccc(CN2CCCC(c3ccn[nH]3)C2)cc1. The molecule has 1 saturated heterocycles. The summed E-state index contributed by atoms with van der Waals surface area (Å²) in [5.41, 5.74) is 3.05. The number of rotatable bonds is 4. The highest BCUT2D eigenvalue weighted by Gasteiger charge is 2.22. The molecule has 0 radical (unpaired) electrons. The number of H-pyrrole nitrogens is 1. The molecule has 1 aromatic heterocycles. The maximum Gasteiger partial charge on any atom is 0.337 e. The molecule has 5 nitrogen and oxygen atoms in total. The molecule has 0 amide bonds. The Labute approximate surface area is 130 Å². The van der Waals surface area contributed by atoms with E-state index in [1.165, 1.54) is 31.2 Å². The van der Waals surface area contributed by atoms with Gasteiger partial charge in [0.25, 0.3) is 0 Å². The highest BCUT2D eigenvalue weighted by atomic mass is 16.5. The maximum atomic E-state index is 11.4. The van der Waals surface area contributed by atoms with Crippen molar-refractivity contribution in [3.8, 4) is 0 Å². The van der Waals surface area contributed by atoms with Crippen molar-refractivity contribution in [1.82, 2.24) is 15.1 Å². The number of hydrogen-bond acceptors (Lipinski definition) is 4. The highest BCUT2D eigenvalue weighted by Crippen LogP contribution is 2.26. The Morgan fingerprint density at radius 2 is 2.18 bits per heavy atom. The van der Waals surface area contributed by atoms with Gasteiger partial charge in [-0.15, -0.1) is 0 Å². The third kappa shape index (κ3) is 3.36. The first kappa shape index (κ1) is 14.8. The summed E-state index contributed by atoms with van der Waals surface area (Å²) in [5.74, 6) is 0.245. The lowest BCUT2D eigenvalue weighted by molar-refractivity contribution is 0.0600. The van der Waals surface area contributed by atoms with Gasteiger partial charge in [0, 0.05) is 30.9 Å². The molecule has 2 aromatic rings. The van der Waals surface area contributed by atoms with Crippen LogP contribution in [0.15, 0.2) is 36.5 Å². The first-order chi connectivity index (χ1) is 10.8. The van der Waals surface area contributed by atoms with E-state index in [4.69, 9.17) is 4.74 Å². The third-order valence-electron chi connectivity index (χ3n) is 4.25. The van der Waals surface area contributed by atoms with Gasteiger partial charge >= 0.3 is 5.97 Å². The summed E-state index contributed by atoms with van der Waals surface area (Å²) < 4.78 is 4.72. The van der Waals surface area contributed by atoms with Crippen LogP contribution in [0.2, 0.25) is 0 Å². The number of nitrogens with zero attached hydrogens (tertiary/aromatic N) is 2. The first-order valence-corrected chi connectivity index (χ1v) is 7.65. The Kier molecular flexibility index (Phi) is 4.53. The highest BCUT2D eigenvalue weighted by molar-refractivity contribution is 5.89. The lowest BCUT2D eigenvalue weighted by Gasteiger charge is -2.32. The molecule has 0 bridgehead atoms. The van der Waals surface area contributed by atoms with Crippen molar-refractivity contribution in [3.63, 3.8) is 0 Å². The number of carbonyl (C=O) groups excluding carboxylic acids is 1. The molecule has 3 rings (SSSR count). The van der Waals surface area contributed by atoms with Crippen LogP contribution in [0.5, 0.6) is 0 Å². The van der Waals surface area contributed by atoms with Gasteiger partial charge in [-0.3, -0.25) is 10.00 Å². The van der Waals surface area contributed by atoms with Gasteiger partial charge in [0.15, 0.2) is 0 Å². The molecule has 1 aliphatic heterocycles. The minimum absolute atomic E-state index is 0.288. The van der Waals surface area contributed by atoms with Crippen molar-refractivity contribution in [2.45, 2.75) is 25.3 Å². The van der Waals surface area contributed by atoms with Crippen LogP contribution in [0.25, 0.3) is 0 Å². The number of nitrogens with one attached hydrogen (secondary N) is 1. The molecular weight excluding hydrogens is 278 g/mol. The zero-order chi connectivity index (χ0) is 15.4. The number of aromatic nitrogens is 2. The van der Waals surface area contributed by atoms with Crippen LogP contribution in [0.4, 0.5) is 0 Å². The molecule has 1 N–H and O–H groups in total. The van der Waals surface area contributed by atoms with E-state index < -0.39 is 0 Å². The molecule has 1 atom stereocenters. The minimum Gasteiger partial charge on any atom is -0.465 e. The monoisotopic (exact) mass is 299 g/mol. The van der Waals surface area contributed by atoms with Gasteiger partial charge in [0.1, 0.15) is 0 Å². The number of piperidine rings is 1. The van der Waals surface area contributed by atoms with Gasteiger partial charge in [-0.25, -0.2) is 4.79 Å². The number of carbonyl (C=O) groups is 1. The van der Waals surface area contributed by atoms with E-state index in [2.05, 4.69) is 21.2 Å². The van der Waals surface area contributed by atoms with Gasteiger partial charge in [-0.2, -0.15) is 5.10 Å². The predicted molar refractivity (Wildman–Crippen MR) is 83.6 cm³/mol. The molecule has 116 valence electrons. The number of aromatic amines is 1. The van der Waals surface area contributed by atoms with Crippen molar-refractivity contribution in [2.75, 3.05) is 20.2 Å². The zero-order valence-corrected chi connectivity index (χ0v) is 12.8. The number of methoxy groups -OCH3 is 1. The van der Waals surface area contributed by atoms with Gasteiger partial charge < -0.3 is 4.74 Å². The number of esters is 1. The van der Waals surface area contributed by atoms with Crippen molar-refractivity contribution in [1.29, 1.82) is 0 Å². The van der Waals surface area contributed by atoms with Crippen LogP contribution >= 0.6 is 0 Å². The standard InChI is InChI=1S/C17H21N3O2/c1-22-17(21)14-6-4-13(5-7-14)11-20-10-2-3-15(12-20)16-8-9-18-19-16/h4-9,15H,2-3,10-12H2,1H3,(H,18,19). The van der Waals surface area contributed by atoms with Gasteiger partial charge in [-0.1, -0.05) is 12.1 Å². The molecule has 2 heterocycles. The summed E-state index contributed by atoms with van der Waals surface area (Å²) in [6.07, 6.45) is 4.23. The second kappa shape index (κ2) is 6.75. The molecule has 0 spiro atoms. The first-order valence-electron chi connectivity index (χ1n) is 7.65. The van der Waals surface area contributed by atoms with Gasteiger partial charge in [0.2, 0.25) is 0 Å². The maximum absolute atomic E-state index is 11.4. The van der Waals surface area contributed by atoms with E-state index in [-0.39, 0.29) is 5.97 Å². The van der Waals surface area contributed by atoms with Crippen molar-refractivity contribution < 1.29 is 9.53 Å². The van der Waals surface area contributed by atoms with E-state index in [0.717, 1.165) is 19.6 Å². The zero-order valence-electron chi connectivity index (χ0n) is 12.8. The van der Waals surface area contributed by atoms with Crippen molar-refractivity contribution >= 4 is 5.97 Å². The van der Waals surface area contributed by atoms with Crippen LogP contribution < -0.4 is 0 Å². The molecule has 0 aliphatic carbocycles. The Bertz CT molecular complexity index is 607. The topological polar surface area (TPSA) is 58.2 Å². The van der Waals surface area contributed by atoms with E-state index in [1.807, 2.05) is 30.5 Å². The average molecular weight is 299 g/mol. The number of likely N-dealkylation sites (tertiary alicyclic amines) is 1. The van der Waals surface area contributed by atoms with Crippen LogP contribution in [-0.2, 0) is 11.3 Å². The van der Waals surface area contributed by atoms with E-state index in [9.17, 15) is 4.79 Å². The molecule has 0 saturated carbocycles. The predicted octanol–water partition coefficient (Wildman–Crippen LogP) is 2.58. The molecular formula is C17H21N3O2. The lowest BCUT2D eigenvalue weighted by Crippen LogP contribution is -2.34. The van der Waals surface area contributed by atoms with Crippen LogP contribution in [0, 0.1) is 0 Å². The summed E-state index contributed by atoms with van der Waals surface area (Å²) in [4.78, 5) is 13.9. The number of ether oxygens (including phenoxy) is 1. The summed E-state index contributed by atoms with van der Waals surface area (Å²) in [7, 11) is 1.40. The summed E-state index contributed by atoms with van der Waals surface area (Å²) in [5, 5.41) is 7.14. The van der Waals surface area contributed by atoms with Crippen LogP contribution in [0.3, 0.4) is 0 Å². The van der Waals surface area contributed by atoms with Crippen LogP contribution in [-0.4, -0.2) is 41.3 Å². The fraction of sp³-hybridized carbons (Fsp3) is 0.412. The largest absolute Gasteiger partial charge is 0.465 e. The second-order valence-corrected chi connectivity index (χ2v) is 5.77. The van der Waals surface area contributed by atoms with Gasteiger partial charge in [0.05, 0.1) is 12.7 Å². The second-order valence-electron chi connectivity index (χ2n) is 5.77. The Balaban J connectivity index is 1.61. The molecule has 1 unspecified atom stereocenters. The quantitative estimate of drug-likeness (QED) is 0.882. The fourth-order valence-electron chi connectivity index (χ4n) is 3.07. The smallest absolute Gasteiger partial charge is 0.337 e. The summed E-state index contributed by atoms with van der Waals surface area (Å²) in [6.45, 7) is 3.07. The molecule has 1 aromatic carbocycles. The van der Waals surface area contributed by atoms with E-state index in [0.29, 0.717) is 11.5 Å². The molecule has 5 heteroatoms. The molecule has 22 heavy (non-hydrogen) atoms. The summed E-state index contributed by atoms with van der Waals surface area (Å²) in [6, 6.07) is 9.74. The van der Waals surface area contributed by atoms with E-state index >= 15 is 0 Å². The Morgan fingerprint density at radius 3 is 2.86 bits per heavy atom.